The predicted molar refractivity (Wildman–Crippen MR) is 110 cm³/mol. The highest BCUT2D eigenvalue weighted by Gasteiger charge is 2.11. The molecule has 4 rings (SSSR count). The van der Waals surface area contributed by atoms with Gasteiger partial charge in [-0.1, -0.05) is 63.2 Å². The summed E-state index contributed by atoms with van der Waals surface area (Å²) in [6, 6.07) is 21.5. The lowest BCUT2D eigenvalue weighted by Crippen LogP contribution is -2.02. The molecule has 0 aliphatic rings. The summed E-state index contributed by atoms with van der Waals surface area (Å²) in [5.74, 6) is 0.878. The first kappa shape index (κ1) is 16.7. The second-order valence-corrected chi connectivity index (χ2v) is 7.44. The zero-order valence-corrected chi connectivity index (χ0v) is 15.6. The van der Waals surface area contributed by atoms with Gasteiger partial charge in [-0.3, -0.25) is 9.97 Å². The van der Waals surface area contributed by atoms with Crippen LogP contribution in [0.2, 0.25) is 0 Å². The Kier molecular flexibility index (Phi) is 4.42. The standard InChI is InChI=1S/C24H24N2/c1-16(2)22-8-4-6-19-11-12-21(26-24(19)22)14-17(3)20-10-9-18-7-5-13-25-23(18)15-20/h4-13,15-17H,14H2,1-3H3. The van der Waals surface area contributed by atoms with Gasteiger partial charge in [-0.15, -0.1) is 0 Å². The van der Waals surface area contributed by atoms with Crippen molar-refractivity contribution >= 4 is 21.8 Å². The number of fused-ring (bicyclic) bond motifs is 2. The lowest BCUT2D eigenvalue weighted by molar-refractivity contribution is 0.743. The summed E-state index contributed by atoms with van der Waals surface area (Å²) in [6.07, 6.45) is 2.79. The summed E-state index contributed by atoms with van der Waals surface area (Å²) >= 11 is 0. The Labute approximate surface area is 154 Å². The van der Waals surface area contributed by atoms with Crippen LogP contribution in [0.5, 0.6) is 0 Å². The van der Waals surface area contributed by atoms with E-state index < -0.39 is 0 Å². The van der Waals surface area contributed by atoms with Crippen LogP contribution in [0.3, 0.4) is 0 Å². The van der Waals surface area contributed by atoms with Crippen molar-refractivity contribution in [3.8, 4) is 0 Å². The van der Waals surface area contributed by atoms with E-state index in [2.05, 4.69) is 80.4 Å². The summed E-state index contributed by atoms with van der Waals surface area (Å²) in [5, 5.41) is 2.41. The first-order chi connectivity index (χ1) is 12.6. The third-order valence-electron chi connectivity index (χ3n) is 5.15. The maximum Gasteiger partial charge on any atom is 0.0739 e. The topological polar surface area (TPSA) is 25.8 Å². The van der Waals surface area contributed by atoms with Gasteiger partial charge in [-0.25, -0.2) is 0 Å². The summed E-state index contributed by atoms with van der Waals surface area (Å²) in [4.78, 5) is 9.50. The second kappa shape index (κ2) is 6.87. The quantitative estimate of drug-likeness (QED) is 0.438. The van der Waals surface area contributed by atoms with Crippen molar-refractivity contribution in [2.45, 2.75) is 39.0 Å². The molecule has 0 spiro atoms. The fourth-order valence-electron chi connectivity index (χ4n) is 3.61. The molecule has 0 aliphatic carbocycles. The number of pyridine rings is 2. The van der Waals surface area contributed by atoms with Crippen molar-refractivity contribution < 1.29 is 0 Å². The molecule has 0 aliphatic heterocycles. The van der Waals surface area contributed by atoms with Crippen LogP contribution in [0.15, 0.2) is 66.9 Å². The molecule has 0 radical (unpaired) electrons. The molecule has 130 valence electrons. The van der Waals surface area contributed by atoms with E-state index in [1.807, 2.05) is 12.3 Å². The van der Waals surface area contributed by atoms with E-state index >= 15 is 0 Å². The smallest absolute Gasteiger partial charge is 0.0739 e. The van der Waals surface area contributed by atoms with Crippen molar-refractivity contribution in [3.63, 3.8) is 0 Å². The van der Waals surface area contributed by atoms with Gasteiger partial charge in [-0.2, -0.15) is 0 Å². The van der Waals surface area contributed by atoms with E-state index in [1.54, 1.807) is 0 Å². The molecule has 0 fully saturated rings. The monoisotopic (exact) mass is 340 g/mol. The highest BCUT2D eigenvalue weighted by atomic mass is 14.7. The summed E-state index contributed by atoms with van der Waals surface area (Å²) in [7, 11) is 0. The van der Waals surface area contributed by atoms with Gasteiger partial charge in [-0.05, 0) is 47.6 Å². The Morgan fingerprint density at radius 1 is 0.846 bits per heavy atom. The van der Waals surface area contributed by atoms with Crippen molar-refractivity contribution in [2.24, 2.45) is 0 Å². The molecule has 0 saturated heterocycles. The molecule has 2 aromatic carbocycles. The van der Waals surface area contributed by atoms with Crippen molar-refractivity contribution in [1.82, 2.24) is 9.97 Å². The van der Waals surface area contributed by atoms with Gasteiger partial charge in [0, 0.05) is 22.7 Å². The number of para-hydroxylation sites is 1. The molecule has 2 heterocycles. The Morgan fingerprint density at radius 3 is 2.50 bits per heavy atom. The highest BCUT2D eigenvalue weighted by molar-refractivity contribution is 5.82. The van der Waals surface area contributed by atoms with Gasteiger partial charge >= 0.3 is 0 Å². The molecule has 2 heteroatoms. The fraction of sp³-hybridized carbons (Fsp3) is 0.250. The van der Waals surface area contributed by atoms with Crippen LogP contribution in [0.4, 0.5) is 0 Å². The minimum absolute atomic E-state index is 0.401. The number of rotatable bonds is 4. The normalized spacial score (nSPS) is 12.8. The highest BCUT2D eigenvalue weighted by Crippen LogP contribution is 2.27. The zero-order chi connectivity index (χ0) is 18.1. The van der Waals surface area contributed by atoms with Gasteiger partial charge in [0.2, 0.25) is 0 Å². The van der Waals surface area contributed by atoms with Crippen LogP contribution in [0.25, 0.3) is 21.8 Å². The summed E-state index contributed by atoms with van der Waals surface area (Å²) in [5.41, 5.74) is 6.00. The fourth-order valence-corrected chi connectivity index (χ4v) is 3.61. The van der Waals surface area contributed by atoms with Crippen molar-refractivity contribution in [3.05, 3.63) is 83.7 Å². The van der Waals surface area contributed by atoms with E-state index in [1.165, 1.54) is 21.9 Å². The first-order valence-electron chi connectivity index (χ1n) is 9.35. The molecule has 4 aromatic rings. The molecule has 0 amide bonds. The number of benzene rings is 2. The lowest BCUT2D eigenvalue weighted by Gasteiger charge is -2.14. The Balaban J connectivity index is 1.66. The molecule has 26 heavy (non-hydrogen) atoms. The Morgan fingerprint density at radius 2 is 1.65 bits per heavy atom. The van der Waals surface area contributed by atoms with Crippen LogP contribution in [-0.4, -0.2) is 9.97 Å². The third-order valence-corrected chi connectivity index (χ3v) is 5.15. The lowest BCUT2D eigenvalue weighted by atomic mass is 9.94. The van der Waals surface area contributed by atoms with Gasteiger partial charge in [0.15, 0.2) is 0 Å². The SMILES string of the molecule is CC(C)c1cccc2ccc(CC(C)c3ccc4cccnc4c3)nc12. The summed E-state index contributed by atoms with van der Waals surface area (Å²) in [6.45, 7) is 6.73. The maximum absolute atomic E-state index is 5.01. The van der Waals surface area contributed by atoms with Crippen LogP contribution in [0, 0.1) is 0 Å². The molecular formula is C24H24N2. The van der Waals surface area contributed by atoms with Crippen LogP contribution in [0.1, 0.15) is 49.4 Å². The average Bonchev–Trinajstić information content (AvgIpc) is 2.67. The van der Waals surface area contributed by atoms with Gasteiger partial charge < -0.3 is 0 Å². The predicted octanol–water partition coefficient (Wildman–Crippen LogP) is 6.25. The van der Waals surface area contributed by atoms with E-state index in [0.29, 0.717) is 11.8 Å². The Bertz CT molecular complexity index is 1070. The molecule has 0 saturated carbocycles. The van der Waals surface area contributed by atoms with E-state index in [-0.39, 0.29) is 0 Å². The molecule has 1 unspecified atom stereocenters. The molecule has 2 aromatic heterocycles. The minimum atomic E-state index is 0.401. The van der Waals surface area contributed by atoms with E-state index in [9.17, 15) is 0 Å². The van der Waals surface area contributed by atoms with Crippen LogP contribution in [-0.2, 0) is 6.42 Å². The van der Waals surface area contributed by atoms with Crippen LogP contribution < -0.4 is 0 Å². The van der Waals surface area contributed by atoms with Crippen molar-refractivity contribution in [2.75, 3.05) is 0 Å². The molecular weight excluding hydrogens is 316 g/mol. The molecule has 1 atom stereocenters. The Hall–Kier alpha value is -2.74. The number of nitrogens with zero attached hydrogens (tertiary/aromatic N) is 2. The van der Waals surface area contributed by atoms with Gasteiger partial charge in [0.05, 0.1) is 11.0 Å². The zero-order valence-electron chi connectivity index (χ0n) is 15.6. The minimum Gasteiger partial charge on any atom is -0.256 e. The largest absolute Gasteiger partial charge is 0.256 e. The van der Waals surface area contributed by atoms with Crippen molar-refractivity contribution in [1.29, 1.82) is 0 Å². The molecule has 0 N–H and O–H groups in total. The second-order valence-electron chi connectivity index (χ2n) is 7.44. The third kappa shape index (κ3) is 3.20. The number of hydrogen-bond donors (Lipinski definition) is 0. The first-order valence-corrected chi connectivity index (χ1v) is 9.35. The number of hydrogen-bond acceptors (Lipinski definition) is 2. The maximum atomic E-state index is 5.01. The summed E-state index contributed by atoms with van der Waals surface area (Å²) < 4.78 is 0. The van der Waals surface area contributed by atoms with E-state index in [4.69, 9.17) is 4.98 Å². The molecule has 0 bridgehead atoms. The number of aromatic nitrogens is 2. The van der Waals surface area contributed by atoms with Gasteiger partial charge in [0.25, 0.3) is 0 Å². The average molecular weight is 340 g/mol. The van der Waals surface area contributed by atoms with Gasteiger partial charge in [0.1, 0.15) is 0 Å². The molecule has 2 nitrogen and oxygen atoms in total. The van der Waals surface area contributed by atoms with E-state index in [0.717, 1.165) is 23.1 Å². The van der Waals surface area contributed by atoms with Crippen LogP contribution >= 0.6 is 0 Å².